The molecule has 1 amide bonds. The van der Waals surface area contributed by atoms with Gasteiger partial charge in [-0.25, -0.2) is 0 Å². The number of aryl methyl sites for hydroxylation is 1. The van der Waals surface area contributed by atoms with E-state index in [9.17, 15) is 18.0 Å². The molecule has 1 N–H and O–H groups in total. The van der Waals surface area contributed by atoms with E-state index < -0.39 is 17.6 Å². The number of hydrogen-bond donors (Lipinski definition) is 1. The highest BCUT2D eigenvalue weighted by Crippen LogP contribution is 2.43. The van der Waals surface area contributed by atoms with Crippen molar-refractivity contribution in [1.29, 1.82) is 0 Å². The Hall–Kier alpha value is -3.24. The summed E-state index contributed by atoms with van der Waals surface area (Å²) in [5, 5.41) is 11.9. The molecule has 0 radical (unpaired) electrons. The SMILES string of the molecule is CC[C@H](NC1(C)CCC1)c1cc2c(c(C(F)(F)F)c1)CN(c1cccc(C(c3nncn3C)C3COC3)c1)C2=O. The van der Waals surface area contributed by atoms with Crippen LogP contribution in [0.5, 0.6) is 0 Å². The van der Waals surface area contributed by atoms with Crippen LogP contribution in [0, 0.1) is 5.92 Å². The van der Waals surface area contributed by atoms with Crippen molar-refractivity contribution in [1.82, 2.24) is 20.1 Å². The number of nitrogens with one attached hydrogen (secondary N) is 1. The third-order valence-electron chi connectivity index (χ3n) is 8.86. The van der Waals surface area contributed by atoms with Crippen molar-refractivity contribution in [3.8, 4) is 0 Å². The number of carbonyl (C=O) groups excluding carboxylic acids is 1. The molecule has 1 unspecified atom stereocenters. The highest BCUT2D eigenvalue weighted by Gasteiger charge is 2.42. The van der Waals surface area contributed by atoms with Gasteiger partial charge < -0.3 is 19.5 Å². The van der Waals surface area contributed by atoms with Gasteiger partial charge in [0, 0.05) is 35.8 Å². The summed E-state index contributed by atoms with van der Waals surface area (Å²) in [6.07, 6.45) is 0.789. The Kier molecular flexibility index (Phi) is 6.73. The van der Waals surface area contributed by atoms with Gasteiger partial charge in [0.05, 0.1) is 31.2 Å². The van der Waals surface area contributed by atoms with Crippen molar-refractivity contribution >= 4 is 11.6 Å². The van der Waals surface area contributed by atoms with Gasteiger partial charge in [-0.05, 0) is 73.6 Å². The predicted molar refractivity (Wildman–Crippen MR) is 144 cm³/mol. The normalized spacial score (nSPS) is 20.1. The molecule has 2 aromatic carbocycles. The lowest BCUT2D eigenvalue weighted by molar-refractivity contribution is -0.138. The number of ether oxygens (including phenoxy) is 1. The average Bonchev–Trinajstić information content (AvgIpc) is 3.45. The fraction of sp³-hybridized carbons (Fsp3) is 0.500. The standard InChI is InChI=1S/C30H34F3N5O2/c1-4-25(35-29(2)9-6-10-29)19-12-22-23(24(13-19)30(31,32)33)14-38(28(22)39)21-8-5-7-18(11-21)26(20-15-40-16-20)27-36-34-17-37(27)3/h5,7-8,11-13,17,20,25-26,35H,4,6,9-10,14-16H2,1-3H3/t25-,26?/m0/s1. The molecule has 2 aliphatic heterocycles. The van der Waals surface area contributed by atoms with E-state index in [-0.39, 0.29) is 41.1 Å². The van der Waals surface area contributed by atoms with E-state index in [1.165, 1.54) is 11.0 Å². The van der Waals surface area contributed by atoms with E-state index in [1.807, 2.05) is 36.7 Å². The van der Waals surface area contributed by atoms with Crippen LogP contribution in [0.3, 0.4) is 0 Å². The van der Waals surface area contributed by atoms with E-state index in [0.29, 0.717) is 30.9 Å². The largest absolute Gasteiger partial charge is 0.416 e. The minimum absolute atomic E-state index is 0.0357. The number of amides is 1. The van der Waals surface area contributed by atoms with Crippen LogP contribution in [0.15, 0.2) is 42.7 Å². The summed E-state index contributed by atoms with van der Waals surface area (Å²) in [6, 6.07) is 10.1. The van der Waals surface area contributed by atoms with Gasteiger partial charge in [-0.1, -0.05) is 19.1 Å². The number of hydrogen-bond acceptors (Lipinski definition) is 5. The lowest BCUT2D eigenvalue weighted by atomic mass is 9.77. The number of carbonyl (C=O) groups is 1. The number of benzene rings is 2. The van der Waals surface area contributed by atoms with Gasteiger partial charge in [0.2, 0.25) is 0 Å². The van der Waals surface area contributed by atoms with Crippen molar-refractivity contribution in [3.63, 3.8) is 0 Å². The molecule has 3 aromatic rings. The quantitative estimate of drug-likeness (QED) is 0.384. The molecule has 1 aliphatic carbocycles. The molecule has 2 fully saturated rings. The van der Waals surface area contributed by atoms with Crippen molar-refractivity contribution in [2.75, 3.05) is 18.1 Å². The van der Waals surface area contributed by atoms with Gasteiger partial charge >= 0.3 is 6.18 Å². The first kappa shape index (κ1) is 27.0. The molecule has 40 heavy (non-hydrogen) atoms. The average molecular weight is 554 g/mol. The maximum Gasteiger partial charge on any atom is 0.416 e. The Bertz CT molecular complexity index is 1430. The number of rotatable bonds is 8. The summed E-state index contributed by atoms with van der Waals surface area (Å²) < 4.78 is 50.5. The van der Waals surface area contributed by atoms with E-state index in [4.69, 9.17) is 4.74 Å². The number of fused-ring (bicyclic) bond motifs is 1. The van der Waals surface area contributed by atoms with Gasteiger partial charge in [-0.15, -0.1) is 10.2 Å². The number of aromatic nitrogens is 3. The molecule has 7 nitrogen and oxygen atoms in total. The molecule has 6 rings (SSSR count). The van der Waals surface area contributed by atoms with Gasteiger partial charge in [-0.2, -0.15) is 13.2 Å². The molecule has 0 bridgehead atoms. The molecule has 10 heteroatoms. The second-order valence-electron chi connectivity index (χ2n) is 11.7. The number of alkyl halides is 3. The molecule has 0 spiro atoms. The highest BCUT2D eigenvalue weighted by molar-refractivity contribution is 6.10. The monoisotopic (exact) mass is 553 g/mol. The Morgan fingerprint density at radius 1 is 1.18 bits per heavy atom. The Balaban J connectivity index is 1.36. The second-order valence-corrected chi connectivity index (χ2v) is 11.7. The zero-order chi connectivity index (χ0) is 28.2. The summed E-state index contributed by atoms with van der Waals surface area (Å²) in [7, 11) is 1.88. The van der Waals surface area contributed by atoms with E-state index in [1.54, 1.807) is 18.5 Å². The van der Waals surface area contributed by atoms with Crippen molar-refractivity contribution in [2.45, 2.75) is 69.8 Å². The number of halogens is 3. The number of anilines is 1. The molecule has 212 valence electrons. The van der Waals surface area contributed by atoms with Gasteiger partial charge in [0.25, 0.3) is 5.91 Å². The molecule has 2 atom stereocenters. The first-order chi connectivity index (χ1) is 19.1. The minimum atomic E-state index is -4.57. The molecule has 3 heterocycles. The fourth-order valence-corrected chi connectivity index (χ4v) is 6.32. The third kappa shape index (κ3) is 4.71. The van der Waals surface area contributed by atoms with Crippen LogP contribution in [0.1, 0.15) is 89.9 Å². The van der Waals surface area contributed by atoms with Crippen LogP contribution in [0.25, 0.3) is 0 Å². The van der Waals surface area contributed by atoms with Crippen LogP contribution in [-0.2, 0) is 24.5 Å². The summed E-state index contributed by atoms with van der Waals surface area (Å²) >= 11 is 0. The third-order valence-corrected chi connectivity index (χ3v) is 8.86. The topological polar surface area (TPSA) is 72.3 Å². The Labute approximate surface area is 231 Å². The highest BCUT2D eigenvalue weighted by atomic mass is 19.4. The molecule has 1 aromatic heterocycles. The van der Waals surface area contributed by atoms with Crippen LogP contribution in [0.4, 0.5) is 18.9 Å². The first-order valence-electron chi connectivity index (χ1n) is 13.9. The van der Waals surface area contributed by atoms with Crippen LogP contribution < -0.4 is 10.2 Å². The van der Waals surface area contributed by atoms with Crippen molar-refractivity contribution < 1.29 is 22.7 Å². The summed E-state index contributed by atoms with van der Waals surface area (Å²) in [5.74, 6) is 0.457. The Morgan fingerprint density at radius 3 is 2.52 bits per heavy atom. The van der Waals surface area contributed by atoms with Crippen molar-refractivity contribution in [3.05, 3.63) is 76.4 Å². The number of nitrogens with zero attached hydrogens (tertiary/aromatic N) is 4. The minimum Gasteiger partial charge on any atom is -0.381 e. The molecule has 3 aliphatic rings. The zero-order valence-corrected chi connectivity index (χ0v) is 23.0. The molecular weight excluding hydrogens is 519 g/mol. The van der Waals surface area contributed by atoms with Gasteiger partial charge in [0.15, 0.2) is 0 Å². The van der Waals surface area contributed by atoms with Crippen molar-refractivity contribution in [2.24, 2.45) is 13.0 Å². The maximum atomic E-state index is 14.4. The van der Waals surface area contributed by atoms with E-state index in [2.05, 4.69) is 22.4 Å². The molecule has 1 saturated heterocycles. The summed E-state index contributed by atoms with van der Waals surface area (Å²) in [5.41, 5.74) is 1.35. The second kappa shape index (κ2) is 9.99. The Morgan fingerprint density at radius 2 is 1.95 bits per heavy atom. The van der Waals surface area contributed by atoms with Crippen LogP contribution in [0.2, 0.25) is 0 Å². The predicted octanol–water partition coefficient (Wildman–Crippen LogP) is 5.76. The fourth-order valence-electron chi connectivity index (χ4n) is 6.32. The van der Waals surface area contributed by atoms with Gasteiger partial charge in [0.1, 0.15) is 12.2 Å². The maximum absolute atomic E-state index is 14.4. The van der Waals surface area contributed by atoms with E-state index in [0.717, 1.165) is 30.7 Å². The molecular formula is C30H34F3N5O2. The zero-order valence-electron chi connectivity index (χ0n) is 23.0. The van der Waals surface area contributed by atoms with Crippen LogP contribution >= 0.6 is 0 Å². The van der Waals surface area contributed by atoms with E-state index >= 15 is 0 Å². The summed E-state index contributed by atoms with van der Waals surface area (Å²) in [6.45, 7) is 5.11. The van der Waals surface area contributed by atoms with Gasteiger partial charge in [-0.3, -0.25) is 4.79 Å². The first-order valence-corrected chi connectivity index (χ1v) is 13.9. The lowest BCUT2D eigenvalue weighted by Crippen LogP contribution is -2.49. The smallest absolute Gasteiger partial charge is 0.381 e. The van der Waals surface area contributed by atoms with Crippen LogP contribution in [-0.4, -0.2) is 39.4 Å². The molecule has 1 saturated carbocycles. The lowest BCUT2D eigenvalue weighted by Gasteiger charge is -2.42. The summed E-state index contributed by atoms with van der Waals surface area (Å²) in [4.78, 5) is 15.2.